The van der Waals surface area contributed by atoms with E-state index in [0.717, 1.165) is 43.7 Å². The molecule has 2 aliphatic rings. The Balaban J connectivity index is 1.66. The fourth-order valence-electron chi connectivity index (χ4n) is 2.67. The molecule has 0 bridgehead atoms. The van der Waals surface area contributed by atoms with Gasteiger partial charge in [-0.3, -0.25) is 0 Å². The summed E-state index contributed by atoms with van der Waals surface area (Å²) in [6.07, 6.45) is 4.94. The third kappa shape index (κ3) is 3.05. The van der Waals surface area contributed by atoms with Gasteiger partial charge in [0.15, 0.2) is 0 Å². The van der Waals surface area contributed by atoms with E-state index in [1.54, 1.807) is 0 Å². The second-order valence-corrected chi connectivity index (χ2v) is 6.20. The molecule has 1 atom stereocenters. The minimum absolute atomic E-state index is 0.288. The van der Waals surface area contributed by atoms with Gasteiger partial charge in [0.25, 0.3) is 0 Å². The van der Waals surface area contributed by atoms with Crippen LogP contribution < -0.4 is 5.32 Å². The molecule has 0 aromatic heterocycles. The Morgan fingerprint density at radius 1 is 1.28 bits per heavy atom. The lowest BCUT2D eigenvalue weighted by atomic mass is 9.81. The number of rotatable bonds is 5. The average molecular weight is 266 g/mol. The van der Waals surface area contributed by atoms with Crippen molar-refractivity contribution in [3.8, 4) is 0 Å². The summed E-state index contributed by atoms with van der Waals surface area (Å²) in [5, 5.41) is 4.48. The number of hydrogen-bond donors (Lipinski definition) is 1. The number of benzene rings is 1. The molecular formula is C15H20ClNO. The quantitative estimate of drug-likeness (QED) is 0.884. The first-order valence-corrected chi connectivity index (χ1v) is 7.19. The van der Waals surface area contributed by atoms with Crippen molar-refractivity contribution in [2.45, 2.75) is 31.7 Å². The summed E-state index contributed by atoms with van der Waals surface area (Å²) >= 11 is 5.94. The van der Waals surface area contributed by atoms with Gasteiger partial charge in [-0.15, -0.1) is 0 Å². The van der Waals surface area contributed by atoms with E-state index in [0.29, 0.717) is 0 Å². The van der Waals surface area contributed by atoms with Crippen LogP contribution in [0.3, 0.4) is 0 Å². The van der Waals surface area contributed by atoms with E-state index in [2.05, 4.69) is 17.4 Å². The summed E-state index contributed by atoms with van der Waals surface area (Å²) in [4.78, 5) is 0. The van der Waals surface area contributed by atoms with Crippen molar-refractivity contribution < 1.29 is 4.74 Å². The Kier molecular flexibility index (Phi) is 3.60. The third-order valence-corrected chi connectivity index (χ3v) is 4.27. The predicted octanol–water partition coefficient (Wildman–Crippen LogP) is 3.04. The van der Waals surface area contributed by atoms with Crippen molar-refractivity contribution in [1.29, 1.82) is 0 Å². The number of nitrogens with one attached hydrogen (secondary N) is 1. The summed E-state index contributed by atoms with van der Waals surface area (Å²) in [5.74, 6) is 0. The number of ether oxygens (including phenoxy) is 1. The van der Waals surface area contributed by atoms with E-state index < -0.39 is 0 Å². The van der Waals surface area contributed by atoms with E-state index in [1.807, 2.05) is 12.1 Å². The van der Waals surface area contributed by atoms with Crippen LogP contribution in [0.25, 0.3) is 0 Å². The maximum atomic E-state index is 5.94. The molecule has 3 heteroatoms. The molecule has 1 saturated carbocycles. The molecule has 1 aliphatic heterocycles. The zero-order valence-electron chi connectivity index (χ0n) is 10.6. The fraction of sp³-hybridized carbons (Fsp3) is 0.600. The standard InChI is InChI=1S/C15H20ClNO/c16-13-3-1-12(2-4-13)9-15(7-8-18-11-15)10-17-14-5-6-14/h1-4,14,17H,5-11H2. The molecule has 0 radical (unpaired) electrons. The van der Waals surface area contributed by atoms with Gasteiger partial charge in [0.05, 0.1) is 6.61 Å². The van der Waals surface area contributed by atoms with E-state index in [9.17, 15) is 0 Å². The summed E-state index contributed by atoms with van der Waals surface area (Å²) < 4.78 is 5.64. The minimum Gasteiger partial charge on any atom is -0.381 e. The monoisotopic (exact) mass is 265 g/mol. The molecule has 1 unspecified atom stereocenters. The topological polar surface area (TPSA) is 21.3 Å². The van der Waals surface area contributed by atoms with Crippen molar-refractivity contribution in [3.63, 3.8) is 0 Å². The normalized spacial score (nSPS) is 27.6. The highest BCUT2D eigenvalue weighted by molar-refractivity contribution is 6.30. The Bertz CT molecular complexity index is 393. The molecule has 1 aliphatic carbocycles. The second kappa shape index (κ2) is 5.20. The molecule has 0 amide bonds. The maximum Gasteiger partial charge on any atom is 0.0538 e. The largest absolute Gasteiger partial charge is 0.381 e. The van der Waals surface area contributed by atoms with Crippen molar-refractivity contribution in [1.82, 2.24) is 5.32 Å². The van der Waals surface area contributed by atoms with Crippen molar-refractivity contribution >= 4 is 11.6 Å². The van der Waals surface area contributed by atoms with Gasteiger partial charge < -0.3 is 10.1 Å². The molecule has 1 aromatic rings. The van der Waals surface area contributed by atoms with Gasteiger partial charge in [0.1, 0.15) is 0 Å². The van der Waals surface area contributed by atoms with Crippen LogP contribution in [0.1, 0.15) is 24.8 Å². The highest BCUT2D eigenvalue weighted by atomic mass is 35.5. The summed E-state index contributed by atoms with van der Waals surface area (Å²) in [5.41, 5.74) is 1.65. The summed E-state index contributed by atoms with van der Waals surface area (Å²) in [6, 6.07) is 9.01. The van der Waals surface area contributed by atoms with Crippen LogP contribution in [0.2, 0.25) is 5.02 Å². The number of halogens is 1. The third-order valence-electron chi connectivity index (χ3n) is 4.02. The Labute approximate surface area is 114 Å². The lowest BCUT2D eigenvalue weighted by Crippen LogP contribution is -2.37. The van der Waals surface area contributed by atoms with Crippen LogP contribution in [0.5, 0.6) is 0 Å². The highest BCUT2D eigenvalue weighted by Crippen LogP contribution is 2.33. The summed E-state index contributed by atoms with van der Waals surface area (Å²) in [6.45, 7) is 2.87. The van der Waals surface area contributed by atoms with Gasteiger partial charge in [0, 0.05) is 29.6 Å². The SMILES string of the molecule is Clc1ccc(CC2(CNC3CC3)CCOC2)cc1. The van der Waals surface area contributed by atoms with Crippen LogP contribution in [0.4, 0.5) is 0 Å². The molecular weight excluding hydrogens is 246 g/mol. The van der Waals surface area contributed by atoms with E-state index >= 15 is 0 Å². The van der Waals surface area contributed by atoms with Crippen LogP contribution in [-0.4, -0.2) is 25.8 Å². The lowest BCUT2D eigenvalue weighted by molar-refractivity contribution is 0.149. The van der Waals surface area contributed by atoms with Gasteiger partial charge in [-0.1, -0.05) is 23.7 Å². The van der Waals surface area contributed by atoms with E-state index in [-0.39, 0.29) is 5.41 Å². The molecule has 1 heterocycles. The Morgan fingerprint density at radius 2 is 2.06 bits per heavy atom. The van der Waals surface area contributed by atoms with Crippen molar-refractivity contribution in [2.24, 2.45) is 5.41 Å². The van der Waals surface area contributed by atoms with E-state index in [4.69, 9.17) is 16.3 Å². The van der Waals surface area contributed by atoms with E-state index in [1.165, 1.54) is 18.4 Å². The number of hydrogen-bond acceptors (Lipinski definition) is 2. The zero-order valence-corrected chi connectivity index (χ0v) is 11.4. The molecule has 2 nitrogen and oxygen atoms in total. The van der Waals surface area contributed by atoms with Gasteiger partial charge in [-0.2, -0.15) is 0 Å². The predicted molar refractivity (Wildman–Crippen MR) is 74.0 cm³/mol. The summed E-state index contributed by atoms with van der Waals surface area (Å²) in [7, 11) is 0. The molecule has 98 valence electrons. The smallest absolute Gasteiger partial charge is 0.0538 e. The van der Waals surface area contributed by atoms with Crippen LogP contribution >= 0.6 is 11.6 Å². The molecule has 3 rings (SSSR count). The molecule has 1 aromatic carbocycles. The minimum atomic E-state index is 0.288. The first kappa shape index (κ1) is 12.5. The molecule has 0 spiro atoms. The fourth-order valence-corrected chi connectivity index (χ4v) is 2.80. The van der Waals surface area contributed by atoms with Crippen LogP contribution in [0.15, 0.2) is 24.3 Å². The molecule has 2 fully saturated rings. The van der Waals surface area contributed by atoms with Gasteiger partial charge in [-0.25, -0.2) is 0 Å². The van der Waals surface area contributed by atoms with Gasteiger partial charge in [-0.05, 0) is 43.4 Å². The van der Waals surface area contributed by atoms with Gasteiger partial charge in [0.2, 0.25) is 0 Å². The molecule has 1 N–H and O–H groups in total. The highest BCUT2D eigenvalue weighted by Gasteiger charge is 2.36. The lowest BCUT2D eigenvalue weighted by Gasteiger charge is -2.28. The average Bonchev–Trinajstić information content (AvgIpc) is 3.10. The Hall–Kier alpha value is -0.570. The first-order valence-electron chi connectivity index (χ1n) is 6.81. The van der Waals surface area contributed by atoms with Crippen molar-refractivity contribution in [2.75, 3.05) is 19.8 Å². The Morgan fingerprint density at radius 3 is 2.67 bits per heavy atom. The molecule has 1 saturated heterocycles. The van der Waals surface area contributed by atoms with Crippen molar-refractivity contribution in [3.05, 3.63) is 34.9 Å². The molecule has 18 heavy (non-hydrogen) atoms. The first-order chi connectivity index (χ1) is 8.76. The zero-order chi connectivity index (χ0) is 12.4. The van der Waals surface area contributed by atoms with Crippen LogP contribution in [0, 0.1) is 5.41 Å². The van der Waals surface area contributed by atoms with Gasteiger partial charge >= 0.3 is 0 Å². The maximum absolute atomic E-state index is 5.94. The second-order valence-electron chi connectivity index (χ2n) is 5.76. The van der Waals surface area contributed by atoms with Crippen LogP contribution in [-0.2, 0) is 11.2 Å².